The van der Waals surface area contributed by atoms with Crippen LogP contribution in [0.1, 0.15) is 17.2 Å². The molecule has 0 aromatic heterocycles. The summed E-state index contributed by atoms with van der Waals surface area (Å²) in [6.45, 7) is 0.564. The van der Waals surface area contributed by atoms with Gasteiger partial charge in [-0.2, -0.15) is 0 Å². The summed E-state index contributed by atoms with van der Waals surface area (Å²) < 4.78 is 4.53. The number of methoxy groups -OCH3 is 1. The first-order valence-electron chi connectivity index (χ1n) is 5.30. The zero-order valence-electron chi connectivity index (χ0n) is 9.77. The van der Waals surface area contributed by atoms with Crippen molar-refractivity contribution in [2.45, 2.75) is 12.6 Å². The Balaban J connectivity index is 2.35. The van der Waals surface area contributed by atoms with Crippen LogP contribution in [0.2, 0.25) is 0 Å². The molecule has 1 atom stereocenters. The highest BCUT2D eigenvalue weighted by atomic mass is 16.5. The van der Waals surface area contributed by atoms with Gasteiger partial charge in [0.1, 0.15) is 6.04 Å². The second kappa shape index (κ2) is 4.45. The molecule has 0 spiro atoms. The number of rotatable bonds is 1. The molecule has 2 amide bonds. The van der Waals surface area contributed by atoms with Crippen molar-refractivity contribution in [3.05, 3.63) is 35.4 Å². The summed E-state index contributed by atoms with van der Waals surface area (Å²) in [7, 11) is 2.99. The summed E-state index contributed by atoms with van der Waals surface area (Å²) in [6, 6.07) is 6.91. The molecule has 1 aromatic carbocycles. The number of ether oxygens (including phenoxy) is 1. The van der Waals surface area contributed by atoms with Crippen molar-refractivity contribution in [2.75, 3.05) is 14.2 Å². The third-order valence-electron chi connectivity index (χ3n) is 2.84. The van der Waals surface area contributed by atoms with Crippen molar-refractivity contribution < 1.29 is 14.3 Å². The molecule has 5 nitrogen and oxygen atoms in total. The van der Waals surface area contributed by atoms with Crippen molar-refractivity contribution in [3.8, 4) is 0 Å². The Kier molecular flexibility index (Phi) is 2.99. The zero-order chi connectivity index (χ0) is 12.4. The SMILES string of the molecule is COC(=O)NC1C(=O)N(C)Cc2ccccc21. The van der Waals surface area contributed by atoms with E-state index < -0.39 is 12.1 Å². The van der Waals surface area contributed by atoms with Crippen molar-refractivity contribution in [1.82, 2.24) is 10.2 Å². The van der Waals surface area contributed by atoms with Gasteiger partial charge in [-0.15, -0.1) is 0 Å². The number of carbonyl (C=O) groups is 2. The Morgan fingerprint density at radius 3 is 2.88 bits per heavy atom. The van der Waals surface area contributed by atoms with Gasteiger partial charge in [0.05, 0.1) is 7.11 Å². The molecule has 90 valence electrons. The van der Waals surface area contributed by atoms with E-state index in [-0.39, 0.29) is 5.91 Å². The van der Waals surface area contributed by atoms with Crippen molar-refractivity contribution in [2.24, 2.45) is 0 Å². The third kappa shape index (κ3) is 2.08. The number of amides is 2. The Labute approximate surface area is 99.4 Å². The van der Waals surface area contributed by atoms with E-state index in [9.17, 15) is 9.59 Å². The normalized spacial score (nSPS) is 18.6. The standard InChI is InChI=1S/C12H14N2O3/c1-14-7-8-5-3-4-6-9(8)10(11(14)15)13-12(16)17-2/h3-6,10H,7H2,1-2H3,(H,13,16). The maximum Gasteiger partial charge on any atom is 0.407 e. The zero-order valence-corrected chi connectivity index (χ0v) is 9.77. The van der Waals surface area contributed by atoms with Gasteiger partial charge >= 0.3 is 6.09 Å². The van der Waals surface area contributed by atoms with E-state index in [4.69, 9.17) is 0 Å². The van der Waals surface area contributed by atoms with Crippen LogP contribution in [0.5, 0.6) is 0 Å². The molecule has 1 aliphatic heterocycles. The first-order valence-corrected chi connectivity index (χ1v) is 5.30. The minimum absolute atomic E-state index is 0.130. The quantitative estimate of drug-likeness (QED) is 0.790. The first-order chi connectivity index (χ1) is 8.13. The predicted octanol–water partition coefficient (Wildman–Crippen LogP) is 1.06. The van der Waals surface area contributed by atoms with Gasteiger partial charge < -0.3 is 15.0 Å². The Hall–Kier alpha value is -2.04. The maximum absolute atomic E-state index is 12.0. The van der Waals surface area contributed by atoms with Crippen LogP contribution in [0, 0.1) is 0 Å². The van der Waals surface area contributed by atoms with Gasteiger partial charge in [-0.1, -0.05) is 24.3 Å². The third-order valence-corrected chi connectivity index (χ3v) is 2.84. The highest BCUT2D eigenvalue weighted by molar-refractivity contribution is 5.88. The van der Waals surface area contributed by atoms with Gasteiger partial charge in [0.15, 0.2) is 0 Å². The van der Waals surface area contributed by atoms with E-state index in [2.05, 4.69) is 10.1 Å². The smallest absolute Gasteiger partial charge is 0.407 e. The summed E-state index contributed by atoms with van der Waals surface area (Å²) >= 11 is 0. The predicted molar refractivity (Wildman–Crippen MR) is 61.2 cm³/mol. The molecule has 2 rings (SSSR count). The number of likely N-dealkylation sites (N-methyl/N-ethyl adjacent to an activating group) is 1. The number of benzene rings is 1. The fraction of sp³-hybridized carbons (Fsp3) is 0.333. The molecule has 0 aliphatic carbocycles. The van der Waals surface area contributed by atoms with E-state index in [1.807, 2.05) is 24.3 Å². The number of alkyl carbamates (subject to hydrolysis) is 1. The number of hydrogen-bond donors (Lipinski definition) is 1. The Bertz CT molecular complexity index is 459. The number of nitrogens with zero attached hydrogens (tertiary/aromatic N) is 1. The summed E-state index contributed by atoms with van der Waals surface area (Å²) in [5.74, 6) is -0.130. The summed E-state index contributed by atoms with van der Waals surface area (Å²) in [6.07, 6.45) is -0.603. The molecule has 1 aromatic rings. The lowest BCUT2D eigenvalue weighted by Gasteiger charge is -2.31. The van der Waals surface area contributed by atoms with Crippen LogP contribution in [0.25, 0.3) is 0 Å². The molecule has 17 heavy (non-hydrogen) atoms. The molecule has 0 radical (unpaired) electrons. The molecule has 0 saturated carbocycles. The van der Waals surface area contributed by atoms with Gasteiger partial charge in [0, 0.05) is 13.6 Å². The van der Waals surface area contributed by atoms with Gasteiger partial charge in [0.25, 0.3) is 0 Å². The van der Waals surface area contributed by atoms with E-state index in [0.29, 0.717) is 6.54 Å². The molecule has 0 fully saturated rings. The maximum atomic E-state index is 12.0. The van der Waals surface area contributed by atoms with Crippen LogP contribution in [0.4, 0.5) is 4.79 Å². The van der Waals surface area contributed by atoms with E-state index in [1.54, 1.807) is 11.9 Å². The lowest BCUT2D eigenvalue weighted by Crippen LogP contribution is -2.44. The highest BCUT2D eigenvalue weighted by Crippen LogP contribution is 2.26. The fourth-order valence-electron chi connectivity index (χ4n) is 1.96. The lowest BCUT2D eigenvalue weighted by molar-refractivity contribution is -0.133. The van der Waals surface area contributed by atoms with Crippen LogP contribution in [-0.2, 0) is 16.1 Å². The molecule has 0 bridgehead atoms. The highest BCUT2D eigenvalue weighted by Gasteiger charge is 2.32. The van der Waals surface area contributed by atoms with Gasteiger partial charge in [-0.05, 0) is 11.1 Å². The monoisotopic (exact) mass is 234 g/mol. The molecular weight excluding hydrogens is 220 g/mol. The number of carbonyl (C=O) groups excluding carboxylic acids is 2. The van der Waals surface area contributed by atoms with Crippen LogP contribution in [0.3, 0.4) is 0 Å². The van der Waals surface area contributed by atoms with Gasteiger partial charge in [0.2, 0.25) is 5.91 Å². The Morgan fingerprint density at radius 2 is 2.18 bits per heavy atom. The fourth-order valence-corrected chi connectivity index (χ4v) is 1.96. The number of hydrogen-bond acceptors (Lipinski definition) is 3. The molecule has 1 unspecified atom stereocenters. The summed E-state index contributed by atoms with van der Waals surface area (Å²) in [5.41, 5.74) is 1.87. The van der Waals surface area contributed by atoms with Crippen LogP contribution in [-0.4, -0.2) is 31.1 Å². The van der Waals surface area contributed by atoms with Crippen molar-refractivity contribution in [3.63, 3.8) is 0 Å². The first kappa shape index (κ1) is 11.4. The van der Waals surface area contributed by atoms with E-state index in [0.717, 1.165) is 11.1 Å². The largest absolute Gasteiger partial charge is 0.453 e. The lowest BCUT2D eigenvalue weighted by atomic mass is 9.95. The van der Waals surface area contributed by atoms with Crippen molar-refractivity contribution >= 4 is 12.0 Å². The number of nitrogens with one attached hydrogen (secondary N) is 1. The van der Waals surface area contributed by atoms with Crippen LogP contribution >= 0.6 is 0 Å². The molecule has 5 heteroatoms. The minimum Gasteiger partial charge on any atom is -0.453 e. The average molecular weight is 234 g/mol. The second-order valence-electron chi connectivity index (χ2n) is 3.96. The minimum atomic E-state index is -0.655. The molecular formula is C12H14N2O3. The summed E-state index contributed by atoms with van der Waals surface area (Å²) in [5, 5.41) is 2.55. The number of fused-ring (bicyclic) bond motifs is 1. The van der Waals surface area contributed by atoms with Crippen molar-refractivity contribution in [1.29, 1.82) is 0 Å². The van der Waals surface area contributed by atoms with E-state index in [1.165, 1.54) is 7.11 Å². The van der Waals surface area contributed by atoms with Crippen LogP contribution in [0.15, 0.2) is 24.3 Å². The van der Waals surface area contributed by atoms with Gasteiger partial charge in [-0.25, -0.2) is 4.79 Å². The summed E-state index contributed by atoms with van der Waals surface area (Å²) in [4.78, 5) is 24.8. The molecule has 1 aliphatic rings. The average Bonchev–Trinajstić information content (AvgIpc) is 2.34. The molecule has 1 heterocycles. The molecule has 0 saturated heterocycles. The topological polar surface area (TPSA) is 58.6 Å². The van der Waals surface area contributed by atoms with E-state index >= 15 is 0 Å². The van der Waals surface area contributed by atoms with Crippen LogP contribution < -0.4 is 5.32 Å². The Morgan fingerprint density at radius 1 is 1.47 bits per heavy atom. The van der Waals surface area contributed by atoms with Gasteiger partial charge in [-0.3, -0.25) is 4.79 Å². The second-order valence-corrected chi connectivity index (χ2v) is 3.96. The molecule has 1 N–H and O–H groups in total.